The molecular formula is C24H25FN2O3S2. The second-order valence-electron chi connectivity index (χ2n) is 7.32. The van der Waals surface area contributed by atoms with Crippen LogP contribution in [0, 0.1) is 5.82 Å². The van der Waals surface area contributed by atoms with Gasteiger partial charge in [-0.05, 0) is 67.1 Å². The Morgan fingerprint density at radius 3 is 2.19 bits per heavy atom. The number of carbonyl (C=O) groups excluding carboxylic acids is 1. The fraction of sp³-hybridized carbons (Fsp3) is 0.208. The zero-order valence-corrected chi connectivity index (χ0v) is 19.4. The van der Waals surface area contributed by atoms with Crippen LogP contribution >= 0.6 is 11.8 Å². The lowest BCUT2D eigenvalue weighted by molar-refractivity contribution is -0.123. The average Bonchev–Trinajstić information content (AvgIpc) is 2.79. The first-order valence-electron chi connectivity index (χ1n) is 10.0. The fourth-order valence-corrected chi connectivity index (χ4v) is 4.80. The van der Waals surface area contributed by atoms with Crippen molar-refractivity contribution in [2.75, 3.05) is 6.26 Å². The van der Waals surface area contributed by atoms with Crippen LogP contribution in [0.4, 0.5) is 4.39 Å². The number of halogens is 1. The quantitative estimate of drug-likeness (QED) is 0.455. The normalized spacial score (nSPS) is 13.3. The van der Waals surface area contributed by atoms with Gasteiger partial charge < -0.3 is 5.32 Å². The van der Waals surface area contributed by atoms with Crippen LogP contribution in [0.15, 0.2) is 88.7 Å². The summed E-state index contributed by atoms with van der Waals surface area (Å²) >= 11 is 1.63. The molecule has 0 aliphatic carbocycles. The predicted molar refractivity (Wildman–Crippen MR) is 125 cm³/mol. The van der Waals surface area contributed by atoms with Crippen molar-refractivity contribution in [3.8, 4) is 0 Å². The van der Waals surface area contributed by atoms with Gasteiger partial charge in [-0.25, -0.2) is 12.8 Å². The first-order valence-corrected chi connectivity index (χ1v) is 12.8. The van der Waals surface area contributed by atoms with E-state index in [9.17, 15) is 17.6 Å². The number of nitrogens with one attached hydrogen (secondary N) is 2. The molecule has 32 heavy (non-hydrogen) atoms. The lowest BCUT2D eigenvalue weighted by Gasteiger charge is -2.22. The molecule has 168 valence electrons. The van der Waals surface area contributed by atoms with E-state index in [0.717, 1.165) is 28.2 Å². The summed E-state index contributed by atoms with van der Waals surface area (Å²) in [5.74, 6) is -0.982. The highest BCUT2D eigenvalue weighted by atomic mass is 32.2. The molecule has 0 aromatic heterocycles. The predicted octanol–water partition coefficient (Wildman–Crippen LogP) is 4.31. The second-order valence-corrected chi connectivity index (χ2v) is 9.91. The van der Waals surface area contributed by atoms with E-state index in [-0.39, 0.29) is 17.4 Å². The van der Waals surface area contributed by atoms with Crippen molar-refractivity contribution >= 4 is 27.7 Å². The van der Waals surface area contributed by atoms with Crippen LogP contribution in [0.1, 0.15) is 24.1 Å². The summed E-state index contributed by atoms with van der Waals surface area (Å²) in [6, 6.07) is 20.1. The Bertz CT molecular complexity index is 1140. The standard InChI is InChI=1S/C24H25FN2O3S2/c1-17(19-8-12-21(31-2)13-9-19)26-24(28)23(16-18-6-4-3-5-7-18)27-32(29,30)22-14-10-20(25)11-15-22/h3-15,17,23,27H,16H2,1-2H3,(H,26,28)/t17-,23-/m0/s1. The van der Waals surface area contributed by atoms with Gasteiger partial charge in [0.15, 0.2) is 0 Å². The van der Waals surface area contributed by atoms with Gasteiger partial charge in [0.1, 0.15) is 11.9 Å². The summed E-state index contributed by atoms with van der Waals surface area (Å²) in [6.45, 7) is 1.85. The topological polar surface area (TPSA) is 75.3 Å². The van der Waals surface area contributed by atoms with Crippen molar-refractivity contribution < 1.29 is 17.6 Å². The molecule has 1 amide bonds. The maximum atomic E-state index is 13.2. The molecule has 0 unspecified atom stereocenters. The minimum Gasteiger partial charge on any atom is -0.348 e. The zero-order valence-electron chi connectivity index (χ0n) is 17.8. The number of benzene rings is 3. The molecule has 0 saturated carbocycles. The van der Waals surface area contributed by atoms with E-state index >= 15 is 0 Å². The highest BCUT2D eigenvalue weighted by Crippen LogP contribution is 2.19. The maximum Gasteiger partial charge on any atom is 0.241 e. The smallest absolute Gasteiger partial charge is 0.241 e. The summed E-state index contributed by atoms with van der Waals surface area (Å²) in [6.07, 6.45) is 2.16. The lowest BCUT2D eigenvalue weighted by atomic mass is 10.0. The van der Waals surface area contributed by atoms with Crippen LogP contribution in [0.2, 0.25) is 0 Å². The van der Waals surface area contributed by atoms with Crippen molar-refractivity contribution in [2.45, 2.75) is 35.2 Å². The number of rotatable bonds is 9. The van der Waals surface area contributed by atoms with Gasteiger partial charge in [0.25, 0.3) is 0 Å². The SMILES string of the molecule is CSc1ccc([C@H](C)NC(=O)[C@H](Cc2ccccc2)NS(=O)(=O)c2ccc(F)cc2)cc1. The largest absolute Gasteiger partial charge is 0.348 e. The minimum atomic E-state index is -4.03. The monoisotopic (exact) mass is 472 g/mol. The number of carbonyl (C=O) groups is 1. The number of thioether (sulfide) groups is 1. The van der Waals surface area contributed by atoms with Crippen molar-refractivity contribution in [2.24, 2.45) is 0 Å². The highest BCUT2D eigenvalue weighted by molar-refractivity contribution is 7.98. The van der Waals surface area contributed by atoms with Crippen LogP contribution < -0.4 is 10.0 Å². The number of amides is 1. The third-order valence-corrected chi connectivity index (χ3v) is 7.23. The summed E-state index contributed by atoms with van der Waals surface area (Å²) < 4.78 is 41.4. The van der Waals surface area contributed by atoms with Gasteiger partial charge >= 0.3 is 0 Å². The average molecular weight is 473 g/mol. The third-order valence-electron chi connectivity index (χ3n) is 5.00. The van der Waals surface area contributed by atoms with Gasteiger partial charge in [0, 0.05) is 4.90 Å². The molecule has 0 aliphatic heterocycles. The number of sulfonamides is 1. The van der Waals surface area contributed by atoms with E-state index in [1.807, 2.05) is 67.8 Å². The van der Waals surface area contributed by atoms with Crippen molar-refractivity contribution in [3.05, 3.63) is 95.8 Å². The summed E-state index contributed by atoms with van der Waals surface area (Å²) in [5, 5.41) is 2.90. The van der Waals surface area contributed by atoms with E-state index in [2.05, 4.69) is 10.0 Å². The Kier molecular flexibility index (Phi) is 8.06. The van der Waals surface area contributed by atoms with E-state index in [1.54, 1.807) is 11.8 Å². The van der Waals surface area contributed by atoms with Crippen LogP contribution in [0.25, 0.3) is 0 Å². The van der Waals surface area contributed by atoms with Crippen molar-refractivity contribution in [1.82, 2.24) is 10.0 Å². The Morgan fingerprint density at radius 2 is 1.59 bits per heavy atom. The van der Waals surface area contributed by atoms with Gasteiger partial charge in [-0.2, -0.15) is 4.72 Å². The Labute approximate surface area is 192 Å². The Balaban J connectivity index is 1.81. The number of hydrogen-bond donors (Lipinski definition) is 2. The van der Waals surface area contributed by atoms with Crippen molar-refractivity contribution in [1.29, 1.82) is 0 Å². The fourth-order valence-electron chi connectivity index (χ4n) is 3.20. The van der Waals surface area contributed by atoms with E-state index in [0.29, 0.717) is 0 Å². The molecule has 2 atom stereocenters. The summed E-state index contributed by atoms with van der Waals surface area (Å²) in [4.78, 5) is 14.1. The van der Waals surface area contributed by atoms with Crippen LogP contribution in [-0.4, -0.2) is 26.6 Å². The third kappa shape index (κ3) is 6.41. The van der Waals surface area contributed by atoms with E-state index < -0.39 is 27.8 Å². The molecule has 8 heteroatoms. The maximum absolute atomic E-state index is 13.2. The lowest BCUT2D eigenvalue weighted by Crippen LogP contribution is -2.48. The van der Waals surface area contributed by atoms with Crippen molar-refractivity contribution in [3.63, 3.8) is 0 Å². The van der Waals surface area contributed by atoms with Crippen LogP contribution in [0.3, 0.4) is 0 Å². The molecule has 0 saturated heterocycles. The van der Waals surface area contributed by atoms with E-state index in [1.165, 1.54) is 12.1 Å². The van der Waals surface area contributed by atoms with Gasteiger partial charge in [0.2, 0.25) is 15.9 Å². The van der Waals surface area contributed by atoms with Gasteiger partial charge in [-0.1, -0.05) is 42.5 Å². The van der Waals surface area contributed by atoms with Gasteiger partial charge in [-0.15, -0.1) is 11.8 Å². The van der Waals surface area contributed by atoms with Crippen LogP contribution in [0.5, 0.6) is 0 Å². The first-order chi connectivity index (χ1) is 15.3. The molecule has 3 aromatic rings. The Hall–Kier alpha value is -2.68. The van der Waals surface area contributed by atoms with E-state index in [4.69, 9.17) is 0 Å². The second kappa shape index (κ2) is 10.8. The molecule has 0 radical (unpaired) electrons. The highest BCUT2D eigenvalue weighted by Gasteiger charge is 2.27. The Morgan fingerprint density at radius 1 is 0.969 bits per heavy atom. The summed E-state index contributed by atoms with van der Waals surface area (Å²) in [7, 11) is -4.03. The number of hydrogen-bond acceptors (Lipinski definition) is 4. The molecule has 5 nitrogen and oxygen atoms in total. The van der Waals surface area contributed by atoms with Crippen LogP contribution in [-0.2, 0) is 21.2 Å². The molecule has 0 bridgehead atoms. The molecule has 0 fully saturated rings. The molecular weight excluding hydrogens is 447 g/mol. The molecule has 3 rings (SSSR count). The zero-order chi connectivity index (χ0) is 23.1. The molecule has 0 spiro atoms. The molecule has 0 heterocycles. The molecule has 0 aliphatic rings. The minimum absolute atomic E-state index is 0.106. The van der Waals surface area contributed by atoms with Gasteiger partial charge in [0.05, 0.1) is 10.9 Å². The summed E-state index contributed by atoms with van der Waals surface area (Å²) in [5.41, 5.74) is 1.72. The first kappa shape index (κ1) is 24.0. The molecule has 2 N–H and O–H groups in total. The van der Waals surface area contributed by atoms with Gasteiger partial charge in [-0.3, -0.25) is 4.79 Å². The molecule has 3 aromatic carbocycles.